The van der Waals surface area contributed by atoms with Gasteiger partial charge in [-0.25, -0.2) is 4.98 Å². The number of carbonyl (C=O) groups excluding carboxylic acids is 1. The normalized spacial score (nSPS) is 24.3. The molecule has 22 heavy (non-hydrogen) atoms. The van der Waals surface area contributed by atoms with Gasteiger partial charge in [-0.15, -0.1) is 0 Å². The molecule has 1 aliphatic rings. The van der Waals surface area contributed by atoms with Crippen molar-refractivity contribution in [2.45, 2.75) is 52.6 Å². The summed E-state index contributed by atoms with van der Waals surface area (Å²) in [5.74, 6) is 0.00556. The van der Waals surface area contributed by atoms with E-state index in [9.17, 15) is 9.90 Å². The summed E-state index contributed by atoms with van der Waals surface area (Å²) in [4.78, 5) is 16.9. The van der Waals surface area contributed by atoms with Crippen LogP contribution >= 0.6 is 0 Å². The van der Waals surface area contributed by atoms with Crippen LogP contribution in [0.1, 0.15) is 31.9 Å². The summed E-state index contributed by atoms with van der Waals surface area (Å²) >= 11 is 0. The maximum atomic E-state index is 12.3. The van der Waals surface area contributed by atoms with Gasteiger partial charge in [-0.05, 0) is 32.4 Å². The number of aliphatic hydroxyl groups is 1. The number of fused-ring (bicyclic) bond motifs is 1. The molecule has 1 N–H and O–H groups in total. The Labute approximate surface area is 132 Å². The Morgan fingerprint density at radius 1 is 1.32 bits per heavy atom. The molecule has 5 nitrogen and oxygen atoms in total. The fourth-order valence-corrected chi connectivity index (χ4v) is 3.54. The van der Waals surface area contributed by atoms with Gasteiger partial charge >= 0.3 is 5.97 Å². The van der Waals surface area contributed by atoms with Crippen molar-refractivity contribution in [3.63, 3.8) is 0 Å². The zero-order valence-corrected chi connectivity index (χ0v) is 15.4. The lowest BCUT2D eigenvalue weighted by molar-refractivity contribution is -0.169. The van der Waals surface area contributed by atoms with Crippen LogP contribution in [0, 0.1) is 5.41 Å². The molecule has 1 unspecified atom stereocenters. The van der Waals surface area contributed by atoms with Crippen molar-refractivity contribution < 1.29 is 19.4 Å². The second-order valence-corrected chi connectivity index (χ2v) is 12.6. The number of aromatic nitrogens is 1. The lowest BCUT2D eigenvalue weighted by atomic mass is 9.71. The van der Waals surface area contributed by atoms with E-state index in [1.807, 2.05) is 6.07 Å². The maximum Gasteiger partial charge on any atom is 0.315 e. The fraction of sp³-hybridized carbons (Fsp3) is 0.625. The molecule has 0 saturated carbocycles. The zero-order valence-electron chi connectivity index (χ0n) is 14.4. The van der Waals surface area contributed by atoms with E-state index < -0.39 is 25.1 Å². The molecule has 1 atom stereocenters. The van der Waals surface area contributed by atoms with Gasteiger partial charge in [0.25, 0.3) is 0 Å². The number of hydrogen-bond acceptors (Lipinski definition) is 5. The molecule has 0 radical (unpaired) electrons. The van der Waals surface area contributed by atoms with Gasteiger partial charge in [0.05, 0.1) is 18.1 Å². The van der Waals surface area contributed by atoms with Crippen molar-refractivity contribution in [1.82, 2.24) is 4.98 Å². The number of hydrogen-bond donors (Lipinski definition) is 1. The predicted molar refractivity (Wildman–Crippen MR) is 86.9 cm³/mol. The van der Waals surface area contributed by atoms with Crippen LogP contribution in [0.4, 0.5) is 0 Å². The van der Waals surface area contributed by atoms with Gasteiger partial charge in [-0.2, -0.15) is 0 Å². The standard InChI is InChI=1S/C16H25NO4Si/c1-15(2)14(18)21-9-10-11(16(15,3)19)8-12(22(5,6)7)17-13(10)20-4/h8,19H,9H2,1-7H3. The molecule has 122 valence electrons. The molecular formula is C16H25NO4Si. The number of carbonyl (C=O) groups is 1. The fourth-order valence-electron chi connectivity index (χ4n) is 2.53. The highest BCUT2D eigenvalue weighted by Crippen LogP contribution is 2.45. The molecule has 0 aliphatic carbocycles. The highest BCUT2D eigenvalue weighted by Gasteiger charge is 2.51. The Bertz CT molecular complexity index is 617. The van der Waals surface area contributed by atoms with E-state index in [1.165, 1.54) is 0 Å². The molecule has 0 bridgehead atoms. The molecule has 1 aromatic rings. The Balaban J connectivity index is 2.79. The minimum absolute atomic E-state index is 0.0654. The molecule has 2 rings (SSSR count). The minimum Gasteiger partial charge on any atom is -0.481 e. The molecule has 0 fully saturated rings. The van der Waals surface area contributed by atoms with Crippen molar-refractivity contribution in [1.29, 1.82) is 0 Å². The number of esters is 1. The van der Waals surface area contributed by atoms with E-state index in [0.717, 1.165) is 5.32 Å². The summed E-state index contributed by atoms with van der Waals surface area (Å²) in [5.41, 5.74) is -1.09. The summed E-state index contributed by atoms with van der Waals surface area (Å²) in [6, 6.07) is 1.92. The Morgan fingerprint density at radius 3 is 2.41 bits per heavy atom. The first-order valence-corrected chi connectivity index (χ1v) is 10.9. The molecule has 1 aromatic heterocycles. The summed E-state index contributed by atoms with van der Waals surface area (Å²) in [6.45, 7) is 11.7. The van der Waals surface area contributed by atoms with Crippen LogP contribution in [0.5, 0.6) is 5.88 Å². The van der Waals surface area contributed by atoms with E-state index in [1.54, 1.807) is 27.9 Å². The Kier molecular flexibility index (Phi) is 3.90. The van der Waals surface area contributed by atoms with Gasteiger partial charge < -0.3 is 14.6 Å². The third-order valence-corrected chi connectivity index (χ3v) is 6.44. The second kappa shape index (κ2) is 5.06. The highest BCUT2D eigenvalue weighted by atomic mass is 28.3. The summed E-state index contributed by atoms with van der Waals surface area (Å²) in [5, 5.41) is 12.1. The number of pyridine rings is 1. The SMILES string of the molecule is COc1nc([Si](C)(C)C)cc2c1COC(=O)C(C)(C)C2(C)O. The first kappa shape index (κ1) is 17.0. The van der Waals surface area contributed by atoms with Crippen LogP contribution in [-0.4, -0.2) is 31.2 Å². The van der Waals surface area contributed by atoms with E-state index >= 15 is 0 Å². The second-order valence-electron chi connectivity index (χ2n) is 7.57. The molecule has 0 aromatic carbocycles. The van der Waals surface area contributed by atoms with Crippen molar-refractivity contribution in [2.24, 2.45) is 5.41 Å². The van der Waals surface area contributed by atoms with E-state index in [-0.39, 0.29) is 6.61 Å². The van der Waals surface area contributed by atoms with Crippen LogP contribution < -0.4 is 10.1 Å². The van der Waals surface area contributed by atoms with Crippen molar-refractivity contribution in [2.75, 3.05) is 7.11 Å². The van der Waals surface area contributed by atoms with Crippen molar-refractivity contribution >= 4 is 19.4 Å². The summed E-state index contributed by atoms with van der Waals surface area (Å²) in [6.07, 6.45) is 0. The molecule has 0 spiro atoms. The Hall–Kier alpha value is -1.40. The molecule has 0 amide bonds. The molecule has 6 heteroatoms. The molecule has 0 saturated heterocycles. The number of cyclic esters (lactones) is 1. The number of nitrogens with zero attached hydrogens (tertiary/aromatic N) is 1. The lowest BCUT2D eigenvalue weighted by Gasteiger charge is -2.37. The summed E-state index contributed by atoms with van der Waals surface area (Å²) < 4.78 is 10.8. The zero-order chi connectivity index (χ0) is 16.9. The van der Waals surface area contributed by atoms with Crippen LogP contribution in [0.3, 0.4) is 0 Å². The van der Waals surface area contributed by atoms with Crippen molar-refractivity contribution in [3.8, 4) is 5.88 Å². The van der Waals surface area contributed by atoms with Crippen LogP contribution in [0.15, 0.2) is 6.07 Å². The Morgan fingerprint density at radius 2 is 1.91 bits per heavy atom. The number of methoxy groups -OCH3 is 1. The number of ether oxygens (including phenoxy) is 2. The van der Waals surface area contributed by atoms with Crippen LogP contribution in [-0.2, 0) is 21.7 Å². The third-order valence-electron chi connectivity index (χ3n) is 4.65. The lowest BCUT2D eigenvalue weighted by Crippen LogP contribution is -2.46. The van der Waals surface area contributed by atoms with Gasteiger partial charge in [0.2, 0.25) is 5.88 Å². The average molecular weight is 323 g/mol. The molecule has 1 aliphatic heterocycles. The molecular weight excluding hydrogens is 298 g/mol. The number of rotatable bonds is 2. The van der Waals surface area contributed by atoms with Crippen LogP contribution in [0.2, 0.25) is 19.6 Å². The largest absolute Gasteiger partial charge is 0.481 e. The predicted octanol–water partition coefficient (Wildman–Crippen LogP) is 1.93. The quantitative estimate of drug-likeness (QED) is 0.665. The van der Waals surface area contributed by atoms with E-state index in [4.69, 9.17) is 9.47 Å². The van der Waals surface area contributed by atoms with Crippen molar-refractivity contribution in [3.05, 3.63) is 17.2 Å². The van der Waals surface area contributed by atoms with Gasteiger partial charge in [0.15, 0.2) is 0 Å². The maximum absolute atomic E-state index is 12.3. The first-order chi connectivity index (χ1) is 9.92. The average Bonchev–Trinajstić information content (AvgIpc) is 2.47. The smallest absolute Gasteiger partial charge is 0.315 e. The van der Waals surface area contributed by atoms with Gasteiger partial charge in [-0.1, -0.05) is 19.6 Å². The van der Waals surface area contributed by atoms with Crippen LogP contribution in [0.25, 0.3) is 0 Å². The monoisotopic (exact) mass is 323 g/mol. The minimum atomic E-state index is -1.71. The third kappa shape index (κ3) is 2.44. The van der Waals surface area contributed by atoms with E-state index in [0.29, 0.717) is 17.0 Å². The molecule has 2 heterocycles. The van der Waals surface area contributed by atoms with Gasteiger partial charge in [-0.3, -0.25) is 4.79 Å². The first-order valence-electron chi connectivity index (χ1n) is 7.41. The van der Waals surface area contributed by atoms with E-state index in [2.05, 4.69) is 24.6 Å². The van der Waals surface area contributed by atoms with Gasteiger partial charge in [0, 0.05) is 5.32 Å². The van der Waals surface area contributed by atoms with Gasteiger partial charge in [0.1, 0.15) is 20.3 Å². The highest BCUT2D eigenvalue weighted by molar-refractivity contribution is 6.88. The summed E-state index contributed by atoms with van der Waals surface area (Å²) in [7, 11) is -0.166. The topological polar surface area (TPSA) is 68.7 Å².